The molecule has 3 heterocycles. The van der Waals surface area contributed by atoms with Crippen molar-refractivity contribution in [3.63, 3.8) is 0 Å². The average Bonchev–Trinajstić information content (AvgIpc) is 3.35. The molecule has 2 aromatic heterocycles. The first-order chi connectivity index (χ1) is 13.1. The van der Waals surface area contributed by atoms with Gasteiger partial charge in [0.1, 0.15) is 11.4 Å². The SMILES string of the molecule is COc1nc2c(cc1C(=O)N1CCCC(c3nccn3C(C)C)C1)CCC2. The summed E-state index contributed by atoms with van der Waals surface area (Å²) in [5.41, 5.74) is 2.88. The number of rotatable bonds is 4. The van der Waals surface area contributed by atoms with Crippen LogP contribution in [0.1, 0.15) is 72.5 Å². The number of pyridine rings is 1. The zero-order chi connectivity index (χ0) is 19.0. The smallest absolute Gasteiger partial charge is 0.259 e. The largest absolute Gasteiger partial charge is 0.480 e. The molecular weight excluding hydrogens is 340 g/mol. The van der Waals surface area contributed by atoms with Crippen molar-refractivity contribution in [1.82, 2.24) is 19.4 Å². The maximum Gasteiger partial charge on any atom is 0.259 e. The monoisotopic (exact) mass is 368 g/mol. The van der Waals surface area contributed by atoms with Gasteiger partial charge in [-0.2, -0.15) is 0 Å². The number of aromatic nitrogens is 3. The van der Waals surface area contributed by atoms with Crippen LogP contribution >= 0.6 is 0 Å². The van der Waals surface area contributed by atoms with E-state index < -0.39 is 0 Å². The Labute approximate surface area is 160 Å². The summed E-state index contributed by atoms with van der Waals surface area (Å²) in [5.74, 6) is 1.85. The number of carbonyl (C=O) groups is 1. The van der Waals surface area contributed by atoms with Crippen molar-refractivity contribution < 1.29 is 9.53 Å². The van der Waals surface area contributed by atoms with Crippen molar-refractivity contribution in [2.45, 2.75) is 57.9 Å². The summed E-state index contributed by atoms with van der Waals surface area (Å²) in [6.07, 6.45) is 9.03. The molecule has 0 spiro atoms. The van der Waals surface area contributed by atoms with Gasteiger partial charge in [-0.25, -0.2) is 9.97 Å². The number of likely N-dealkylation sites (tertiary alicyclic amines) is 1. The van der Waals surface area contributed by atoms with Crippen LogP contribution in [0.2, 0.25) is 0 Å². The number of hydrogen-bond acceptors (Lipinski definition) is 4. The molecule has 0 saturated carbocycles. The van der Waals surface area contributed by atoms with Crippen molar-refractivity contribution in [3.8, 4) is 5.88 Å². The molecule has 2 aliphatic rings. The summed E-state index contributed by atoms with van der Waals surface area (Å²) in [6.45, 7) is 5.80. The number of aryl methyl sites for hydroxylation is 2. The third kappa shape index (κ3) is 3.33. The Morgan fingerprint density at radius 1 is 1.30 bits per heavy atom. The number of hydrogen-bond donors (Lipinski definition) is 0. The van der Waals surface area contributed by atoms with Crippen molar-refractivity contribution in [2.24, 2.45) is 0 Å². The summed E-state index contributed by atoms with van der Waals surface area (Å²) < 4.78 is 7.68. The minimum absolute atomic E-state index is 0.0291. The first kappa shape index (κ1) is 18.0. The molecule has 0 N–H and O–H groups in total. The lowest BCUT2D eigenvalue weighted by Crippen LogP contribution is -2.40. The maximum atomic E-state index is 13.3. The van der Waals surface area contributed by atoms with E-state index in [1.165, 1.54) is 5.56 Å². The zero-order valence-corrected chi connectivity index (χ0v) is 16.4. The maximum absolute atomic E-state index is 13.3. The van der Waals surface area contributed by atoms with Crippen LogP contribution in [0.15, 0.2) is 18.5 Å². The van der Waals surface area contributed by atoms with Crippen molar-refractivity contribution in [2.75, 3.05) is 20.2 Å². The van der Waals surface area contributed by atoms with Gasteiger partial charge in [0.25, 0.3) is 5.91 Å². The Morgan fingerprint density at radius 2 is 2.15 bits per heavy atom. The molecule has 1 unspecified atom stereocenters. The molecule has 1 saturated heterocycles. The molecule has 144 valence electrons. The molecule has 6 heteroatoms. The van der Waals surface area contributed by atoms with Crippen LogP contribution in [-0.2, 0) is 12.8 Å². The molecule has 1 amide bonds. The normalized spacial score (nSPS) is 19.4. The lowest BCUT2D eigenvalue weighted by atomic mass is 9.96. The second-order valence-electron chi connectivity index (χ2n) is 7.88. The van der Waals surface area contributed by atoms with Crippen molar-refractivity contribution in [3.05, 3.63) is 41.1 Å². The predicted molar refractivity (Wildman–Crippen MR) is 103 cm³/mol. The highest BCUT2D eigenvalue weighted by Gasteiger charge is 2.31. The lowest BCUT2D eigenvalue weighted by molar-refractivity contribution is 0.0698. The summed E-state index contributed by atoms with van der Waals surface area (Å²) in [5, 5.41) is 0. The van der Waals surface area contributed by atoms with E-state index in [1.807, 2.05) is 23.4 Å². The van der Waals surface area contributed by atoms with E-state index >= 15 is 0 Å². The number of amides is 1. The van der Waals surface area contributed by atoms with Gasteiger partial charge in [-0.15, -0.1) is 0 Å². The minimum atomic E-state index is 0.0291. The summed E-state index contributed by atoms with van der Waals surface area (Å²) in [6, 6.07) is 2.38. The van der Waals surface area contributed by atoms with E-state index in [9.17, 15) is 4.79 Å². The standard InChI is InChI=1S/C21H28N4O2/c1-14(2)25-11-9-22-19(25)16-7-5-10-24(13-16)21(26)17-12-15-6-4-8-18(15)23-20(17)27-3/h9,11-12,14,16H,4-8,10,13H2,1-3H3. The predicted octanol–water partition coefficient (Wildman–Crippen LogP) is 3.38. The van der Waals surface area contributed by atoms with Crippen LogP contribution in [0.5, 0.6) is 5.88 Å². The first-order valence-corrected chi connectivity index (χ1v) is 9.97. The highest BCUT2D eigenvalue weighted by molar-refractivity contribution is 5.96. The Morgan fingerprint density at radius 3 is 2.93 bits per heavy atom. The molecule has 0 radical (unpaired) electrons. The van der Waals surface area contributed by atoms with Gasteiger partial charge in [-0.05, 0) is 57.6 Å². The van der Waals surface area contributed by atoms with E-state index in [0.29, 0.717) is 24.0 Å². The second kappa shape index (κ2) is 7.33. The van der Waals surface area contributed by atoms with Crippen LogP contribution in [0.25, 0.3) is 0 Å². The number of ether oxygens (including phenoxy) is 1. The van der Waals surface area contributed by atoms with Crippen LogP contribution in [0.3, 0.4) is 0 Å². The van der Waals surface area contributed by atoms with Gasteiger partial charge in [-0.1, -0.05) is 0 Å². The Bertz CT molecular complexity index is 843. The first-order valence-electron chi connectivity index (χ1n) is 9.97. The third-order valence-electron chi connectivity index (χ3n) is 5.77. The number of carbonyl (C=O) groups excluding carboxylic acids is 1. The van der Waals surface area contributed by atoms with Crippen LogP contribution in [0, 0.1) is 0 Å². The lowest BCUT2D eigenvalue weighted by Gasteiger charge is -2.33. The molecule has 1 atom stereocenters. The number of methoxy groups -OCH3 is 1. The van der Waals surface area contributed by atoms with Crippen LogP contribution < -0.4 is 4.74 Å². The number of nitrogens with zero attached hydrogens (tertiary/aromatic N) is 4. The van der Waals surface area contributed by atoms with E-state index in [4.69, 9.17) is 4.74 Å². The zero-order valence-electron chi connectivity index (χ0n) is 16.4. The van der Waals surface area contributed by atoms with Crippen molar-refractivity contribution in [1.29, 1.82) is 0 Å². The topological polar surface area (TPSA) is 60.2 Å². The van der Waals surface area contributed by atoms with Gasteiger partial charge < -0.3 is 14.2 Å². The summed E-state index contributed by atoms with van der Waals surface area (Å²) >= 11 is 0. The molecule has 6 nitrogen and oxygen atoms in total. The molecule has 1 fully saturated rings. The van der Waals surface area contributed by atoms with Crippen molar-refractivity contribution >= 4 is 5.91 Å². The molecule has 1 aliphatic heterocycles. The van der Waals surface area contributed by atoms with E-state index in [-0.39, 0.29) is 11.8 Å². The Hall–Kier alpha value is -2.37. The minimum Gasteiger partial charge on any atom is -0.480 e. The number of imidazole rings is 1. The molecule has 2 aromatic rings. The molecule has 27 heavy (non-hydrogen) atoms. The average molecular weight is 368 g/mol. The van der Waals surface area contributed by atoms with Gasteiger partial charge in [0.15, 0.2) is 0 Å². The van der Waals surface area contributed by atoms with Crippen LogP contribution in [-0.4, -0.2) is 45.5 Å². The van der Waals surface area contributed by atoms with E-state index in [0.717, 1.165) is 50.2 Å². The fourth-order valence-electron chi connectivity index (χ4n) is 4.38. The fraction of sp³-hybridized carbons (Fsp3) is 0.571. The van der Waals surface area contributed by atoms with Gasteiger partial charge >= 0.3 is 0 Å². The van der Waals surface area contributed by atoms with Gasteiger partial charge in [0.05, 0.1) is 7.11 Å². The summed E-state index contributed by atoms with van der Waals surface area (Å²) in [7, 11) is 1.60. The number of fused-ring (bicyclic) bond motifs is 1. The van der Waals surface area contributed by atoms with Gasteiger partial charge in [0, 0.05) is 43.1 Å². The molecule has 4 rings (SSSR count). The highest BCUT2D eigenvalue weighted by Crippen LogP contribution is 2.31. The summed E-state index contributed by atoms with van der Waals surface area (Å²) in [4.78, 5) is 24.4. The molecule has 0 bridgehead atoms. The van der Waals surface area contributed by atoms with Gasteiger partial charge in [-0.3, -0.25) is 4.79 Å². The van der Waals surface area contributed by atoms with Gasteiger partial charge in [0.2, 0.25) is 5.88 Å². The number of piperidine rings is 1. The second-order valence-corrected chi connectivity index (χ2v) is 7.88. The Balaban J connectivity index is 1.58. The van der Waals surface area contributed by atoms with E-state index in [2.05, 4.69) is 28.4 Å². The molecule has 1 aliphatic carbocycles. The fourth-order valence-corrected chi connectivity index (χ4v) is 4.38. The van der Waals surface area contributed by atoms with E-state index in [1.54, 1.807) is 7.11 Å². The molecular formula is C21H28N4O2. The Kier molecular flexibility index (Phi) is 4.89. The third-order valence-corrected chi connectivity index (χ3v) is 5.77. The highest BCUT2D eigenvalue weighted by atomic mass is 16.5. The van der Waals surface area contributed by atoms with Crippen LogP contribution in [0.4, 0.5) is 0 Å². The molecule has 0 aromatic carbocycles. The quantitative estimate of drug-likeness (QED) is 0.830.